The molecule has 0 aliphatic heterocycles. The lowest BCUT2D eigenvalue weighted by Crippen LogP contribution is -2.46. The summed E-state index contributed by atoms with van der Waals surface area (Å²) in [7, 11) is -2.15. The van der Waals surface area contributed by atoms with E-state index in [1.165, 1.54) is 22.9 Å². The largest absolute Gasteiger partial charge is 0.390 e. The maximum atomic E-state index is 13.4. The molecule has 2 N–H and O–H groups in total. The predicted octanol–water partition coefficient (Wildman–Crippen LogP) is 3.51. The van der Waals surface area contributed by atoms with E-state index in [4.69, 9.17) is 0 Å². The van der Waals surface area contributed by atoms with Gasteiger partial charge in [-0.25, -0.2) is 17.2 Å². The van der Waals surface area contributed by atoms with Crippen molar-refractivity contribution in [3.05, 3.63) is 47.8 Å². The third-order valence-corrected chi connectivity index (χ3v) is 9.28. The number of hydrogen-bond donors (Lipinski definition) is 2. The highest BCUT2D eigenvalue weighted by Gasteiger charge is 2.55. The van der Waals surface area contributed by atoms with Gasteiger partial charge in [0, 0.05) is 25.0 Å². The lowest BCUT2D eigenvalue weighted by molar-refractivity contribution is -0.0466. The van der Waals surface area contributed by atoms with Crippen molar-refractivity contribution in [1.29, 1.82) is 0 Å². The van der Waals surface area contributed by atoms with Gasteiger partial charge in [-0.3, -0.25) is 4.79 Å². The number of carbonyl (C=O) groups is 1. The van der Waals surface area contributed by atoms with Gasteiger partial charge in [0.25, 0.3) is 5.91 Å². The summed E-state index contributed by atoms with van der Waals surface area (Å²) in [5.41, 5.74) is -0.700. The topological polar surface area (TPSA) is 88.4 Å². The van der Waals surface area contributed by atoms with E-state index >= 15 is 0 Å². The Kier molecular flexibility index (Phi) is 5.25. The van der Waals surface area contributed by atoms with Crippen LogP contribution < -0.4 is 5.32 Å². The third-order valence-electron chi connectivity index (χ3n) is 7.14. The number of halogens is 2. The second-order valence-corrected chi connectivity index (χ2v) is 11.4. The molecule has 2 fully saturated rings. The fraction of sp³-hybridized carbons (Fsp3) is 0.500. The van der Waals surface area contributed by atoms with Gasteiger partial charge in [-0.15, -0.1) is 0 Å². The Labute approximate surface area is 180 Å². The normalized spacial score (nSPS) is 30.4. The van der Waals surface area contributed by atoms with Crippen LogP contribution in [0, 0.1) is 29.4 Å². The Morgan fingerprint density at radius 1 is 1.19 bits per heavy atom. The van der Waals surface area contributed by atoms with Crippen LogP contribution in [0.15, 0.2) is 35.4 Å². The summed E-state index contributed by atoms with van der Waals surface area (Å²) in [6.45, 7) is 3.86. The van der Waals surface area contributed by atoms with E-state index in [1.807, 2.05) is 0 Å². The second kappa shape index (κ2) is 7.41. The van der Waals surface area contributed by atoms with Crippen LogP contribution in [0.1, 0.15) is 43.6 Å². The van der Waals surface area contributed by atoms with Crippen molar-refractivity contribution in [2.75, 3.05) is 5.32 Å². The monoisotopic (exact) mass is 452 g/mol. The van der Waals surface area contributed by atoms with Gasteiger partial charge in [-0.2, -0.15) is 0 Å². The Morgan fingerprint density at radius 2 is 1.90 bits per heavy atom. The van der Waals surface area contributed by atoms with Gasteiger partial charge in [-0.1, -0.05) is 6.92 Å². The molecular formula is C22H26F2N2O4S. The number of amides is 1. The molecule has 1 unspecified atom stereocenters. The number of anilines is 1. The second-order valence-electron chi connectivity index (χ2n) is 9.14. The highest BCUT2D eigenvalue weighted by atomic mass is 32.2. The minimum atomic E-state index is -3.70. The standard InChI is InChI=1S/C22H26F2N2O4S/c1-12-6-13-7-15(9-17(12)22(13,2)28)31(29,30)16-10-20(26(3)11-16)21(27)25-14-4-5-18(23)19(24)8-14/h4-5,8,10-13,15,17,28H,6-7,9H2,1-3H3,(H,25,27)/t12-,13?,15+,17+,22+/m0/s1. The summed E-state index contributed by atoms with van der Waals surface area (Å²) in [6, 6.07) is 4.29. The molecule has 2 aliphatic rings. The number of aryl methyl sites for hydroxylation is 1. The van der Waals surface area contributed by atoms with Crippen LogP contribution >= 0.6 is 0 Å². The average molecular weight is 453 g/mol. The number of nitrogens with zero attached hydrogens (tertiary/aromatic N) is 1. The molecule has 0 radical (unpaired) electrons. The third kappa shape index (κ3) is 3.67. The first-order valence-corrected chi connectivity index (χ1v) is 11.8. The fourth-order valence-electron chi connectivity index (χ4n) is 5.36. The summed E-state index contributed by atoms with van der Waals surface area (Å²) in [5.74, 6) is -2.64. The molecular weight excluding hydrogens is 426 g/mol. The Bertz CT molecular complexity index is 1140. The smallest absolute Gasteiger partial charge is 0.272 e. The van der Waals surface area contributed by atoms with Gasteiger partial charge in [0.15, 0.2) is 21.5 Å². The quantitative estimate of drug-likeness (QED) is 0.743. The molecule has 1 heterocycles. The van der Waals surface area contributed by atoms with E-state index in [9.17, 15) is 27.1 Å². The van der Waals surface area contributed by atoms with E-state index in [0.29, 0.717) is 12.8 Å². The molecule has 4 rings (SSSR count). The van der Waals surface area contributed by atoms with Gasteiger partial charge in [0.2, 0.25) is 0 Å². The van der Waals surface area contributed by atoms with E-state index in [1.54, 1.807) is 14.0 Å². The molecule has 31 heavy (non-hydrogen) atoms. The minimum Gasteiger partial charge on any atom is -0.390 e. The number of rotatable bonds is 4. The van der Waals surface area contributed by atoms with E-state index < -0.39 is 38.2 Å². The van der Waals surface area contributed by atoms with Crippen LogP contribution in [0.4, 0.5) is 14.5 Å². The highest BCUT2D eigenvalue weighted by Crippen LogP contribution is 2.54. The van der Waals surface area contributed by atoms with Gasteiger partial charge < -0.3 is 15.0 Å². The van der Waals surface area contributed by atoms with Crippen molar-refractivity contribution in [2.24, 2.45) is 24.8 Å². The number of benzene rings is 1. The Morgan fingerprint density at radius 3 is 2.55 bits per heavy atom. The fourth-order valence-corrected chi connectivity index (χ4v) is 7.28. The van der Waals surface area contributed by atoms with Gasteiger partial charge in [-0.05, 0) is 62.1 Å². The molecule has 2 bridgehead atoms. The summed E-state index contributed by atoms with van der Waals surface area (Å²) < 4.78 is 54.6. The molecule has 1 amide bonds. The average Bonchev–Trinajstić information content (AvgIpc) is 3.08. The lowest BCUT2D eigenvalue weighted by atomic mass is 9.74. The number of aliphatic hydroxyl groups is 1. The van der Waals surface area contributed by atoms with Crippen LogP contribution in [0.5, 0.6) is 0 Å². The summed E-state index contributed by atoms with van der Waals surface area (Å²) in [6.07, 6.45) is 2.98. The molecule has 2 aromatic rings. The molecule has 168 valence electrons. The predicted molar refractivity (Wildman–Crippen MR) is 111 cm³/mol. The zero-order chi connectivity index (χ0) is 22.7. The molecule has 0 spiro atoms. The summed E-state index contributed by atoms with van der Waals surface area (Å²) in [4.78, 5) is 12.7. The van der Waals surface area contributed by atoms with Crippen LogP contribution in [0.2, 0.25) is 0 Å². The van der Waals surface area contributed by atoms with E-state index in [-0.39, 0.29) is 34.0 Å². The first kappa shape index (κ1) is 22.0. The zero-order valence-corrected chi connectivity index (χ0v) is 18.4. The lowest BCUT2D eigenvalue weighted by Gasteiger charge is -2.40. The van der Waals surface area contributed by atoms with E-state index in [2.05, 4.69) is 12.2 Å². The number of carbonyl (C=O) groups excluding carboxylic acids is 1. The molecule has 9 heteroatoms. The molecule has 1 aromatic carbocycles. The van der Waals surface area contributed by atoms with Crippen molar-refractivity contribution in [3.63, 3.8) is 0 Å². The molecule has 1 aromatic heterocycles. The first-order chi connectivity index (χ1) is 14.4. The van der Waals surface area contributed by atoms with Gasteiger partial charge in [0.1, 0.15) is 5.69 Å². The highest BCUT2D eigenvalue weighted by molar-refractivity contribution is 7.92. The molecule has 5 atom stereocenters. The number of hydrogen-bond acceptors (Lipinski definition) is 4. The van der Waals surface area contributed by atoms with Crippen LogP contribution in [0.25, 0.3) is 0 Å². The minimum absolute atomic E-state index is 0.0454. The molecule has 0 saturated heterocycles. The van der Waals surface area contributed by atoms with Crippen LogP contribution in [-0.2, 0) is 16.9 Å². The maximum Gasteiger partial charge on any atom is 0.272 e. The van der Waals surface area contributed by atoms with E-state index in [0.717, 1.165) is 18.6 Å². The number of aromatic nitrogens is 1. The van der Waals surface area contributed by atoms with Crippen molar-refractivity contribution in [1.82, 2.24) is 4.57 Å². The van der Waals surface area contributed by atoms with Crippen LogP contribution in [0.3, 0.4) is 0 Å². The van der Waals surface area contributed by atoms with Crippen molar-refractivity contribution in [2.45, 2.75) is 48.9 Å². The molecule has 6 nitrogen and oxygen atoms in total. The van der Waals surface area contributed by atoms with Crippen molar-refractivity contribution < 1.29 is 27.1 Å². The van der Waals surface area contributed by atoms with Gasteiger partial charge >= 0.3 is 0 Å². The van der Waals surface area contributed by atoms with Gasteiger partial charge in [0.05, 0.1) is 15.7 Å². The van der Waals surface area contributed by atoms with Crippen molar-refractivity contribution in [3.8, 4) is 0 Å². The summed E-state index contributed by atoms with van der Waals surface area (Å²) in [5, 5.41) is 12.6. The number of sulfone groups is 1. The zero-order valence-electron chi connectivity index (χ0n) is 17.6. The first-order valence-electron chi connectivity index (χ1n) is 10.3. The number of nitrogens with one attached hydrogen (secondary N) is 1. The maximum absolute atomic E-state index is 13.4. The van der Waals surface area contributed by atoms with Crippen molar-refractivity contribution >= 4 is 21.4 Å². The number of fused-ring (bicyclic) bond motifs is 2. The summed E-state index contributed by atoms with van der Waals surface area (Å²) >= 11 is 0. The molecule has 2 saturated carbocycles. The SMILES string of the molecule is C[C@H]1CC2C[C@@H](S(=O)(=O)c3cc(C(=O)Nc4ccc(F)c(F)c4)n(C)c3)C[C@H]1[C@]2(C)O. The molecule has 2 aliphatic carbocycles. The Hall–Kier alpha value is -2.26. The Balaban J connectivity index is 1.56. The van der Waals surface area contributed by atoms with Crippen LogP contribution in [-0.4, -0.2) is 34.8 Å².